The predicted octanol–water partition coefficient (Wildman–Crippen LogP) is 12.2. The first-order chi connectivity index (χ1) is 21.8. The molecule has 210 valence electrons. The SMILES string of the molecule is C1=CC(c2ccccc2)CC=C1N(c1ccccc1)c1ccc(-c2cccc3c2sc2ccccc23)c(-c2ccccc2)c1. The fraction of sp³-hybridized carbons (Fsp3) is 0.0476. The molecule has 1 heterocycles. The maximum absolute atomic E-state index is 2.40. The summed E-state index contributed by atoms with van der Waals surface area (Å²) in [7, 11) is 0. The Bertz CT molecular complexity index is 2140. The molecule has 0 aliphatic heterocycles. The molecular formula is C42H31NS. The van der Waals surface area contributed by atoms with Gasteiger partial charge < -0.3 is 4.90 Å². The van der Waals surface area contributed by atoms with E-state index in [0.717, 1.165) is 17.8 Å². The number of nitrogens with zero attached hydrogens (tertiary/aromatic N) is 1. The van der Waals surface area contributed by atoms with Crippen molar-refractivity contribution in [3.05, 3.63) is 181 Å². The van der Waals surface area contributed by atoms with Gasteiger partial charge in [-0.25, -0.2) is 0 Å². The summed E-state index contributed by atoms with van der Waals surface area (Å²) in [6, 6.07) is 54.8. The van der Waals surface area contributed by atoms with Crippen LogP contribution in [0.25, 0.3) is 42.4 Å². The fourth-order valence-electron chi connectivity index (χ4n) is 6.47. The van der Waals surface area contributed by atoms with Crippen LogP contribution in [0.4, 0.5) is 11.4 Å². The molecule has 0 radical (unpaired) electrons. The molecule has 7 aromatic rings. The molecule has 0 spiro atoms. The van der Waals surface area contributed by atoms with E-state index in [1.807, 2.05) is 11.3 Å². The fourth-order valence-corrected chi connectivity index (χ4v) is 7.70. The van der Waals surface area contributed by atoms with Crippen LogP contribution in [0.2, 0.25) is 0 Å². The lowest BCUT2D eigenvalue weighted by Gasteiger charge is -2.30. The molecule has 0 saturated heterocycles. The summed E-state index contributed by atoms with van der Waals surface area (Å²) < 4.78 is 2.66. The van der Waals surface area contributed by atoms with Crippen molar-refractivity contribution in [2.45, 2.75) is 12.3 Å². The minimum Gasteiger partial charge on any atom is -0.311 e. The van der Waals surface area contributed by atoms with Crippen molar-refractivity contribution < 1.29 is 0 Å². The van der Waals surface area contributed by atoms with E-state index >= 15 is 0 Å². The van der Waals surface area contributed by atoms with Crippen LogP contribution < -0.4 is 4.90 Å². The third-order valence-corrected chi connectivity index (χ3v) is 9.84. The third-order valence-electron chi connectivity index (χ3n) is 8.62. The maximum atomic E-state index is 2.40. The molecule has 1 nitrogen and oxygen atoms in total. The normalized spacial score (nSPS) is 14.5. The molecule has 0 fully saturated rings. The highest BCUT2D eigenvalue weighted by Gasteiger charge is 2.21. The first kappa shape index (κ1) is 26.4. The molecule has 0 N–H and O–H groups in total. The van der Waals surface area contributed by atoms with Gasteiger partial charge in [-0.05, 0) is 65.1 Å². The molecule has 1 aliphatic rings. The van der Waals surface area contributed by atoms with E-state index in [2.05, 4.69) is 175 Å². The lowest BCUT2D eigenvalue weighted by atomic mass is 9.90. The van der Waals surface area contributed by atoms with Crippen LogP contribution in [0.1, 0.15) is 17.9 Å². The van der Waals surface area contributed by atoms with Gasteiger partial charge >= 0.3 is 0 Å². The summed E-state index contributed by atoms with van der Waals surface area (Å²) in [6.45, 7) is 0. The largest absolute Gasteiger partial charge is 0.311 e. The second-order valence-electron chi connectivity index (χ2n) is 11.3. The van der Waals surface area contributed by atoms with E-state index in [-0.39, 0.29) is 0 Å². The lowest BCUT2D eigenvalue weighted by Crippen LogP contribution is -2.17. The van der Waals surface area contributed by atoms with Crippen LogP contribution in [0.5, 0.6) is 0 Å². The van der Waals surface area contributed by atoms with Gasteiger partial charge in [0.25, 0.3) is 0 Å². The van der Waals surface area contributed by atoms with E-state index in [0.29, 0.717) is 5.92 Å². The van der Waals surface area contributed by atoms with Crippen LogP contribution >= 0.6 is 11.3 Å². The highest BCUT2D eigenvalue weighted by molar-refractivity contribution is 7.26. The average Bonchev–Trinajstić information content (AvgIpc) is 3.49. The van der Waals surface area contributed by atoms with Crippen LogP contribution in [-0.2, 0) is 0 Å². The monoisotopic (exact) mass is 581 g/mol. The second kappa shape index (κ2) is 11.5. The number of hydrogen-bond acceptors (Lipinski definition) is 2. The van der Waals surface area contributed by atoms with Crippen molar-refractivity contribution in [1.82, 2.24) is 0 Å². The Morgan fingerprint density at radius 3 is 2.02 bits per heavy atom. The molecule has 0 bridgehead atoms. The first-order valence-electron chi connectivity index (χ1n) is 15.2. The van der Waals surface area contributed by atoms with E-state index in [9.17, 15) is 0 Å². The van der Waals surface area contributed by atoms with Crippen LogP contribution in [0.15, 0.2) is 176 Å². The summed E-state index contributed by atoms with van der Waals surface area (Å²) in [5.41, 5.74) is 9.84. The van der Waals surface area contributed by atoms with Crippen molar-refractivity contribution in [2.75, 3.05) is 4.90 Å². The third kappa shape index (κ3) is 4.84. The van der Waals surface area contributed by atoms with Gasteiger partial charge in [-0.1, -0.05) is 133 Å². The van der Waals surface area contributed by atoms with Gasteiger partial charge in [-0.3, -0.25) is 0 Å². The molecule has 6 aromatic carbocycles. The van der Waals surface area contributed by atoms with Gasteiger partial charge in [0.15, 0.2) is 0 Å². The van der Waals surface area contributed by atoms with Gasteiger partial charge in [-0.15, -0.1) is 11.3 Å². The van der Waals surface area contributed by atoms with Gasteiger partial charge in [0, 0.05) is 48.7 Å². The smallest absolute Gasteiger partial charge is 0.0468 e. The zero-order valence-corrected chi connectivity index (χ0v) is 25.1. The number of hydrogen-bond donors (Lipinski definition) is 0. The van der Waals surface area contributed by atoms with Crippen molar-refractivity contribution in [2.24, 2.45) is 0 Å². The maximum Gasteiger partial charge on any atom is 0.0468 e. The lowest BCUT2D eigenvalue weighted by molar-refractivity contribution is 0.840. The Kier molecular flexibility index (Phi) is 6.90. The van der Waals surface area contributed by atoms with Gasteiger partial charge in [0.05, 0.1) is 0 Å². The van der Waals surface area contributed by atoms with Crippen LogP contribution in [0.3, 0.4) is 0 Å². The Labute approximate surface area is 262 Å². The number of allylic oxidation sites excluding steroid dienone is 3. The van der Waals surface area contributed by atoms with Crippen LogP contribution in [0, 0.1) is 0 Å². The van der Waals surface area contributed by atoms with E-state index in [1.54, 1.807) is 0 Å². The average molecular weight is 582 g/mol. The Morgan fingerprint density at radius 2 is 1.25 bits per heavy atom. The molecule has 1 atom stereocenters. The summed E-state index contributed by atoms with van der Waals surface area (Å²) >= 11 is 1.89. The Balaban J connectivity index is 1.28. The van der Waals surface area contributed by atoms with Crippen molar-refractivity contribution in [3.8, 4) is 22.3 Å². The summed E-state index contributed by atoms with van der Waals surface area (Å²) in [4.78, 5) is 2.40. The summed E-state index contributed by atoms with van der Waals surface area (Å²) in [5, 5.41) is 2.65. The number of para-hydroxylation sites is 1. The quantitative estimate of drug-likeness (QED) is 0.189. The van der Waals surface area contributed by atoms with E-state index in [1.165, 1.54) is 53.7 Å². The number of thiophene rings is 1. The number of fused-ring (bicyclic) bond motifs is 3. The molecule has 1 aromatic heterocycles. The standard InChI is InChI=1S/C42H31NS/c1-4-13-30(14-5-1)31-23-25-34(26-24-31)43(33-17-8-3-9-18-33)35-27-28-36(40(29-35)32-15-6-2-7-16-32)38-20-12-21-39-37-19-10-11-22-41(37)44-42(38)39/h1-23,25-29,31H,24H2. The molecular weight excluding hydrogens is 551 g/mol. The van der Waals surface area contributed by atoms with Gasteiger partial charge in [0.1, 0.15) is 0 Å². The first-order valence-corrected chi connectivity index (χ1v) is 16.0. The molecule has 44 heavy (non-hydrogen) atoms. The van der Waals surface area contributed by atoms with Gasteiger partial charge in [-0.2, -0.15) is 0 Å². The molecule has 0 saturated carbocycles. The minimum atomic E-state index is 0.390. The van der Waals surface area contributed by atoms with Crippen LogP contribution in [-0.4, -0.2) is 0 Å². The molecule has 0 amide bonds. The van der Waals surface area contributed by atoms with E-state index < -0.39 is 0 Å². The van der Waals surface area contributed by atoms with Crippen molar-refractivity contribution >= 4 is 42.9 Å². The van der Waals surface area contributed by atoms with E-state index in [4.69, 9.17) is 0 Å². The van der Waals surface area contributed by atoms with Gasteiger partial charge in [0.2, 0.25) is 0 Å². The Morgan fingerprint density at radius 1 is 0.545 bits per heavy atom. The zero-order valence-electron chi connectivity index (χ0n) is 24.3. The Hall–Kier alpha value is -5.18. The predicted molar refractivity (Wildman–Crippen MR) is 190 cm³/mol. The summed E-state index contributed by atoms with van der Waals surface area (Å²) in [5.74, 6) is 0.390. The van der Waals surface area contributed by atoms with Crippen molar-refractivity contribution in [1.29, 1.82) is 0 Å². The highest BCUT2D eigenvalue weighted by Crippen LogP contribution is 2.45. The molecule has 1 aliphatic carbocycles. The zero-order chi connectivity index (χ0) is 29.3. The minimum absolute atomic E-state index is 0.390. The topological polar surface area (TPSA) is 3.24 Å². The molecule has 1 unspecified atom stereocenters. The number of benzene rings is 6. The second-order valence-corrected chi connectivity index (χ2v) is 12.3. The van der Waals surface area contributed by atoms with Crippen molar-refractivity contribution in [3.63, 3.8) is 0 Å². The number of anilines is 2. The number of rotatable bonds is 6. The highest BCUT2D eigenvalue weighted by atomic mass is 32.1. The molecule has 8 rings (SSSR count). The molecule has 2 heteroatoms. The summed E-state index contributed by atoms with van der Waals surface area (Å²) in [6.07, 6.45) is 8.01.